The van der Waals surface area contributed by atoms with Crippen LogP contribution in [0.4, 0.5) is 0 Å². The summed E-state index contributed by atoms with van der Waals surface area (Å²) in [6.45, 7) is 3.53. The second kappa shape index (κ2) is 6.98. The molecule has 1 aliphatic carbocycles. The molecule has 25 heavy (non-hydrogen) atoms. The number of amides is 1. The number of benzene rings is 1. The average Bonchev–Trinajstić information content (AvgIpc) is 3.06. The van der Waals surface area contributed by atoms with Gasteiger partial charge in [0.15, 0.2) is 5.82 Å². The molecule has 5 heteroatoms. The van der Waals surface area contributed by atoms with E-state index >= 15 is 0 Å². The van der Waals surface area contributed by atoms with Crippen LogP contribution < -0.4 is 0 Å². The van der Waals surface area contributed by atoms with Crippen LogP contribution in [0.3, 0.4) is 0 Å². The van der Waals surface area contributed by atoms with Crippen LogP contribution in [0.2, 0.25) is 0 Å². The lowest BCUT2D eigenvalue weighted by Gasteiger charge is -2.35. The van der Waals surface area contributed by atoms with Crippen LogP contribution in [-0.2, 0) is 17.8 Å². The van der Waals surface area contributed by atoms with Crippen molar-refractivity contribution in [2.75, 3.05) is 6.54 Å². The van der Waals surface area contributed by atoms with Crippen molar-refractivity contribution in [3.05, 3.63) is 47.5 Å². The van der Waals surface area contributed by atoms with Gasteiger partial charge in [0.05, 0.1) is 12.6 Å². The molecule has 1 atom stereocenters. The van der Waals surface area contributed by atoms with Crippen molar-refractivity contribution in [1.82, 2.24) is 19.7 Å². The molecule has 1 fully saturated rings. The number of carbonyl (C=O) groups is 1. The fraction of sp³-hybridized carbons (Fsp3) is 0.550. The molecule has 132 valence electrons. The van der Waals surface area contributed by atoms with Gasteiger partial charge in [0.2, 0.25) is 5.91 Å². The Morgan fingerprint density at radius 3 is 2.64 bits per heavy atom. The lowest BCUT2D eigenvalue weighted by molar-refractivity contribution is -0.138. The standard InChI is InChI=1S/C20H26N4O/c1-15-13-23(20(25)17-10-6-3-7-11-17)14-19-22-21-18(24(15)19)12-16-8-4-2-5-9-16/h2,4-5,8-9,15,17H,3,6-7,10-14H2,1H3/t15-/m0/s1. The molecule has 2 heterocycles. The number of carbonyl (C=O) groups excluding carboxylic acids is 1. The van der Waals surface area contributed by atoms with E-state index in [9.17, 15) is 4.79 Å². The number of hydrogen-bond donors (Lipinski definition) is 0. The van der Waals surface area contributed by atoms with E-state index < -0.39 is 0 Å². The third kappa shape index (κ3) is 3.32. The molecule has 2 aromatic rings. The van der Waals surface area contributed by atoms with Gasteiger partial charge in [-0.05, 0) is 25.3 Å². The van der Waals surface area contributed by atoms with Crippen molar-refractivity contribution in [3.63, 3.8) is 0 Å². The fourth-order valence-corrected chi connectivity index (χ4v) is 4.29. The Labute approximate surface area is 149 Å². The number of hydrogen-bond acceptors (Lipinski definition) is 3. The highest BCUT2D eigenvalue weighted by atomic mass is 16.2. The monoisotopic (exact) mass is 338 g/mol. The van der Waals surface area contributed by atoms with Crippen molar-refractivity contribution >= 4 is 5.91 Å². The minimum absolute atomic E-state index is 0.221. The van der Waals surface area contributed by atoms with E-state index in [-0.39, 0.29) is 12.0 Å². The number of nitrogens with zero attached hydrogens (tertiary/aromatic N) is 4. The summed E-state index contributed by atoms with van der Waals surface area (Å²) in [5.74, 6) is 2.47. The summed E-state index contributed by atoms with van der Waals surface area (Å²) in [6.07, 6.45) is 6.55. The van der Waals surface area contributed by atoms with Crippen molar-refractivity contribution in [3.8, 4) is 0 Å². The number of aromatic nitrogens is 3. The van der Waals surface area contributed by atoms with E-state index in [1.807, 2.05) is 11.0 Å². The van der Waals surface area contributed by atoms with Crippen LogP contribution >= 0.6 is 0 Å². The second-order valence-corrected chi connectivity index (χ2v) is 7.47. The molecule has 0 bridgehead atoms. The molecule has 1 aromatic heterocycles. The van der Waals surface area contributed by atoms with Crippen molar-refractivity contribution in [1.29, 1.82) is 0 Å². The van der Waals surface area contributed by atoms with E-state index in [1.165, 1.54) is 24.8 Å². The topological polar surface area (TPSA) is 51.0 Å². The molecular formula is C20H26N4O. The van der Waals surface area contributed by atoms with Gasteiger partial charge >= 0.3 is 0 Å². The van der Waals surface area contributed by atoms with Crippen LogP contribution in [0.25, 0.3) is 0 Å². The second-order valence-electron chi connectivity index (χ2n) is 7.47. The number of rotatable bonds is 3. The van der Waals surface area contributed by atoms with Crippen molar-refractivity contribution < 1.29 is 4.79 Å². The van der Waals surface area contributed by atoms with Gasteiger partial charge in [0, 0.05) is 18.9 Å². The first-order valence-corrected chi connectivity index (χ1v) is 9.47. The third-order valence-corrected chi connectivity index (χ3v) is 5.57. The summed E-state index contributed by atoms with van der Waals surface area (Å²) in [4.78, 5) is 14.9. The van der Waals surface area contributed by atoms with Crippen molar-refractivity contribution in [2.24, 2.45) is 5.92 Å². The molecule has 0 N–H and O–H groups in total. The Hall–Kier alpha value is -2.17. The highest BCUT2D eigenvalue weighted by Gasteiger charge is 2.32. The van der Waals surface area contributed by atoms with Crippen molar-refractivity contribution in [2.45, 2.75) is 58.0 Å². The highest BCUT2D eigenvalue weighted by Crippen LogP contribution is 2.29. The fourth-order valence-electron chi connectivity index (χ4n) is 4.29. The van der Waals surface area contributed by atoms with Gasteiger partial charge in [0.25, 0.3) is 0 Å². The maximum absolute atomic E-state index is 12.9. The van der Waals surface area contributed by atoms with Crippen LogP contribution in [0.1, 0.15) is 62.3 Å². The molecule has 1 amide bonds. The van der Waals surface area contributed by atoms with Gasteiger partial charge in [0.1, 0.15) is 5.82 Å². The van der Waals surface area contributed by atoms with E-state index in [4.69, 9.17) is 0 Å². The average molecular weight is 338 g/mol. The Morgan fingerprint density at radius 2 is 1.88 bits per heavy atom. The Morgan fingerprint density at radius 1 is 1.12 bits per heavy atom. The summed E-state index contributed by atoms with van der Waals surface area (Å²) < 4.78 is 2.23. The minimum atomic E-state index is 0.221. The highest BCUT2D eigenvalue weighted by molar-refractivity contribution is 5.79. The molecule has 0 unspecified atom stereocenters. The Bertz CT molecular complexity index is 733. The lowest BCUT2D eigenvalue weighted by Crippen LogP contribution is -2.43. The number of fused-ring (bicyclic) bond motifs is 1. The zero-order valence-corrected chi connectivity index (χ0v) is 14.9. The molecule has 1 aliphatic heterocycles. The van der Waals surface area contributed by atoms with Gasteiger partial charge in [-0.3, -0.25) is 4.79 Å². The minimum Gasteiger partial charge on any atom is -0.333 e. The zero-order valence-electron chi connectivity index (χ0n) is 14.9. The van der Waals surface area contributed by atoms with Crippen LogP contribution in [0.5, 0.6) is 0 Å². The molecule has 1 saturated carbocycles. The van der Waals surface area contributed by atoms with E-state index in [2.05, 4.69) is 46.0 Å². The quantitative estimate of drug-likeness (QED) is 0.862. The summed E-state index contributed by atoms with van der Waals surface area (Å²) in [6, 6.07) is 10.6. The van der Waals surface area contributed by atoms with E-state index in [0.717, 1.165) is 37.5 Å². The molecule has 0 spiro atoms. The Balaban J connectivity index is 1.51. The first-order chi connectivity index (χ1) is 12.2. The first-order valence-electron chi connectivity index (χ1n) is 9.47. The molecule has 0 saturated heterocycles. The van der Waals surface area contributed by atoms with Crippen LogP contribution in [-0.4, -0.2) is 32.1 Å². The Kier molecular flexibility index (Phi) is 4.55. The largest absolute Gasteiger partial charge is 0.333 e. The van der Waals surface area contributed by atoms with Gasteiger partial charge in [-0.2, -0.15) is 0 Å². The van der Waals surface area contributed by atoms with Gasteiger partial charge in [-0.15, -0.1) is 10.2 Å². The molecule has 0 radical (unpaired) electrons. The summed E-state index contributed by atoms with van der Waals surface area (Å²) in [7, 11) is 0. The predicted molar refractivity (Wildman–Crippen MR) is 96.0 cm³/mol. The SMILES string of the molecule is C[C@H]1CN(C(=O)C2CCCCC2)Cc2nnc(Cc3ccccc3)n21. The smallest absolute Gasteiger partial charge is 0.226 e. The van der Waals surface area contributed by atoms with Gasteiger partial charge in [-0.25, -0.2) is 0 Å². The normalized spacial score (nSPS) is 21.2. The summed E-state index contributed by atoms with van der Waals surface area (Å²) >= 11 is 0. The van der Waals surface area contributed by atoms with E-state index in [0.29, 0.717) is 12.5 Å². The maximum atomic E-state index is 12.9. The van der Waals surface area contributed by atoms with Gasteiger partial charge < -0.3 is 9.47 Å². The molecule has 5 nitrogen and oxygen atoms in total. The van der Waals surface area contributed by atoms with Gasteiger partial charge in [-0.1, -0.05) is 49.6 Å². The third-order valence-electron chi connectivity index (χ3n) is 5.57. The lowest BCUT2D eigenvalue weighted by atomic mass is 9.88. The summed E-state index contributed by atoms with van der Waals surface area (Å²) in [5, 5.41) is 8.82. The molecule has 1 aromatic carbocycles. The van der Waals surface area contributed by atoms with Crippen LogP contribution in [0.15, 0.2) is 30.3 Å². The van der Waals surface area contributed by atoms with E-state index in [1.54, 1.807) is 0 Å². The zero-order chi connectivity index (χ0) is 17.2. The first kappa shape index (κ1) is 16.3. The molecule has 2 aliphatic rings. The summed E-state index contributed by atoms with van der Waals surface area (Å²) in [5.41, 5.74) is 1.24. The molecule has 4 rings (SSSR count). The predicted octanol–water partition coefficient (Wildman–Crippen LogP) is 3.35. The molecular weight excluding hydrogens is 312 g/mol. The maximum Gasteiger partial charge on any atom is 0.226 e. The van der Waals surface area contributed by atoms with Crippen LogP contribution in [0, 0.1) is 5.92 Å².